The molecule has 2 heterocycles. The first kappa shape index (κ1) is 7.88. The number of fused-ring (bicyclic) bond motifs is 1. The Morgan fingerprint density at radius 3 is 2.92 bits per heavy atom. The van der Waals surface area contributed by atoms with Gasteiger partial charge in [0, 0.05) is 0 Å². The van der Waals surface area contributed by atoms with E-state index in [1.165, 1.54) is 0 Å². The maximum Gasteiger partial charge on any atom is 0.257 e. The van der Waals surface area contributed by atoms with Crippen LogP contribution < -0.4 is 5.32 Å². The van der Waals surface area contributed by atoms with Crippen molar-refractivity contribution >= 4 is 22.9 Å². The van der Waals surface area contributed by atoms with E-state index in [0.717, 1.165) is 0 Å². The topological polar surface area (TPSA) is 72.5 Å². The number of hydrogen-bond donors (Lipinski definition) is 1. The van der Waals surface area contributed by atoms with Gasteiger partial charge in [0.1, 0.15) is 0 Å². The summed E-state index contributed by atoms with van der Waals surface area (Å²) >= 11 is -1.40. The van der Waals surface area contributed by atoms with Gasteiger partial charge < -0.3 is 0 Å². The lowest BCUT2D eigenvalue weighted by Crippen LogP contribution is -2.34. The van der Waals surface area contributed by atoms with Crippen LogP contribution in [0, 0.1) is 5.92 Å². The molecule has 0 spiro atoms. The van der Waals surface area contributed by atoms with Crippen molar-refractivity contribution in [1.82, 2.24) is 5.32 Å². The van der Waals surface area contributed by atoms with Gasteiger partial charge in [0.2, 0.25) is 5.91 Å². The highest BCUT2D eigenvalue weighted by atomic mass is 32.2. The van der Waals surface area contributed by atoms with Gasteiger partial charge in [-0.2, -0.15) is 0 Å². The molecule has 6 heteroatoms. The van der Waals surface area contributed by atoms with Gasteiger partial charge in [0.15, 0.2) is 17.2 Å². The Morgan fingerprint density at radius 1 is 1.42 bits per heavy atom. The lowest BCUT2D eigenvalue weighted by atomic mass is 10.0. The number of nitrogens with one attached hydrogen (secondary N) is 1. The molecule has 12 heavy (non-hydrogen) atoms. The summed E-state index contributed by atoms with van der Waals surface area (Å²) < 4.78 is 15.7. The van der Waals surface area contributed by atoms with Gasteiger partial charge in [-0.1, -0.05) is 0 Å². The molecule has 2 fully saturated rings. The smallest absolute Gasteiger partial charge is 0.257 e. The highest BCUT2D eigenvalue weighted by Gasteiger charge is 2.46. The van der Waals surface area contributed by atoms with Crippen LogP contribution in [0.25, 0.3) is 0 Å². The predicted octanol–water partition coefficient (Wildman–Crippen LogP) is -1.29. The largest absolute Gasteiger partial charge is 0.294 e. The maximum absolute atomic E-state index is 11.0. The van der Waals surface area contributed by atoms with E-state index in [2.05, 4.69) is 5.32 Å². The fourth-order valence-electron chi connectivity index (χ4n) is 1.39. The van der Waals surface area contributed by atoms with Gasteiger partial charge in [-0.15, -0.1) is 0 Å². The highest BCUT2D eigenvalue weighted by Crippen LogP contribution is 2.24. The van der Waals surface area contributed by atoms with Crippen LogP contribution in [0.3, 0.4) is 0 Å². The van der Waals surface area contributed by atoms with Crippen LogP contribution in [0.2, 0.25) is 0 Å². The number of carbonyl (C=O) groups is 2. The average molecular weight is 189 g/mol. The number of imide groups is 1. The number of hydrogen-bond acceptors (Lipinski definition) is 4. The molecule has 1 N–H and O–H groups in total. The van der Waals surface area contributed by atoms with E-state index in [0.29, 0.717) is 12.2 Å². The third-order valence-electron chi connectivity index (χ3n) is 2.01. The van der Waals surface area contributed by atoms with Crippen LogP contribution in [-0.4, -0.2) is 27.9 Å². The van der Waals surface area contributed by atoms with Crippen molar-refractivity contribution in [2.45, 2.75) is 12.5 Å². The lowest BCUT2D eigenvalue weighted by Gasteiger charge is -2.19. The SMILES string of the molecule is O=C1NC(=O)C2OS(=O)CCC12. The Morgan fingerprint density at radius 2 is 2.17 bits per heavy atom. The van der Waals surface area contributed by atoms with Crippen molar-refractivity contribution in [3.05, 3.63) is 0 Å². The van der Waals surface area contributed by atoms with Gasteiger partial charge in [-0.05, 0) is 6.42 Å². The average Bonchev–Trinajstić information content (AvgIpc) is 2.28. The third kappa shape index (κ3) is 1.07. The van der Waals surface area contributed by atoms with Gasteiger partial charge in [0.05, 0.1) is 11.7 Å². The number of carbonyl (C=O) groups excluding carboxylic acids is 2. The normalized spacial score (nSPS) is 40.8. The van der Waals surface area contributed by atoms with Crippen molar-refractivity contribution in [1.29, 1.82) is 0 Å². The minimum Gasteiger partial charge on any atom is -0.294 e. The van der Waals surface area contributed by atoms with E-state index in [4.69, 9.17) is 4.18 Å². The van der Waals surface area contributed by atoms with Crippen molar-refractivity contribution in [2.75, 3.05) is 5.75 Å². The summed E-state index contributed by atoms with van der Waals surface area (Å²) in [7, 11) is 0. The molecule has 0 radical (unpaired) electrons. The maximum atomic E-state index is 11.0. The molecule has 0 aromatic carbocycles. The van der Waals surface area contributed by atoms with Crippen LogP contribution in [0.1, 0.15) is 6.42 Å². The van der Waals surface area contributed by atoms with Crippen molar-refractivity contribution in [2.24, 2.45) is 5.92 Å². The molecular weight excluding hydrogens is 182 g/mol. The Bertz CT molecular complexity index is 277. The summed E-state index contributed by atoms with van der Waals surface area (Å²) in [5.74, 6) is -0.850. The van der Waals surface area contributed by atoms with E-state index < -0.39 is 29.0 Å². The molecule has 0 bridgehead atoms. The number of rotatable bonds is 0. The molecule has 3 unspecified atom stereocenters. The van der Waals surface area contributed by atoms with Crippen LogP contribution >= 0.6 is 0 Å². The molecule has 5 nitrogen and oxygen atoms in total. The summed E-state index contributed by atoms with van der Waals surface area (Å²) in [6, 6.07) is 0. The second kappa shape index (κ2) is 2.63. The van der Waals surface area contributed by atoms with E-state index in [1.54, 1.807) is 0 Å². The van der Waals surface area contributed by atoms with E-state index in [1.807, 2.05) is 0 Å². The zero-order chi connectivity index (χ0) is 8.72. The molecule has 66 valence electrons. The van der Waals surface area contributed by atoms with Crippen LogP contribution in [0.5, 0.6) is 0 Å². The molecule has 2 rings (SSSR count). The fourth-order valence-corrected chi connectivity index (χ4v) is 2.38. The van der Waals surface area contributed by atoms with Crippen LogP contribution in [0.4, 0.5) is 0 Å². The third-order valence-corrected chi connectivity index (χ3v) is 3.00. The van der Waals surface area contributed by atoms with E-state index in [-0.39, 0.29) is 5.91 Å². The first-order valence-electron chi connectivity index (χ1n) is 3.58. The predicted molar refractivity (Wildman–Crippen MR) is 39.1 cm³/mol. The summed E-state index contributed by atoms with van der Waals surface area (Å²) in [6.07, 6.45) is -0.346. The highest BCUT2D eigenvalue weighted by molar-refractivity contribution is 7.80. The molecule has 2 saturated heterocycles. The van der Waals surface area contributed by atoms with Crippen LogP contribution in [0.15, 0.2) is 0 Å². The Hall–Kier alpha value is -0.750. The Kier molecular flexibility index (Phi) is 1.73. The molecule has 3 atom stereocenters. The van der Waals surface area contributed by atoms with Gasteiger partial charge in [-0.25, -0.2) is 4.21 Å². The standard InChI is InChI=1S/C6H7NO4S/c8-5-3-1-2-12(10)11-4(3)6(9)7-5/h3-4H,1-2H2,(H,7,8,9). The molecule has 0 aromatic rings. The van der Waals surface area contributed by atoms with Crippen molar-refractivity contribution < 1.29 is 18.0 Å². The molecular formula is C6H7NO4S. The summed E-state index contributed by atoms with van der Waals surface area (Å²) in [5.41, 5.74) is 0. The second-order valence-electron chi connectivity index (χ2n) is 2.77. The second-order valence-corrected chi connectivity index (χ2v) is 3.98. The zero-order valence-electron chi connectivity index (χ0n) is 6.11. The van der Waals surface area contributed by atoms with Gasteiger partial charge in [0.25, 0.3) is 5.91 Å². The quantitative estimate of drug-likeness (QED) is 0.481. The minimum atomic E-state index is -1.40. The molecule has 2 aliphatic heterocycles. The van der Waals surface area contributed by atoms with Crippen molar-refractivity contribution in [3.63, 3.8) is 0 Å². The fraction of sp³-hybridized carbons (Fsp3) is 0.667. The molecule has 0 aromatic heterocycles. The first-order chi connectivity index (χ1) is 5.68. The summed E-state index contributed by atoms with van der Waals surface area (Å²) in [6.45, 7) is 0. The first-order valence-corrected chi connectivity index (χ1v) is 4.83. The summed E-state index contributed by atoms with van der Waals surface area (Å²) in [4.78, 5) is 22.0. The molecule has 2 amide bonds. The minimum absolute atomic E-state index is 0.304. The molecule has 2 aliphatic rings. The summed E-state index contributed by atoms with van der Waals surface area (Å²) in [5, 5.41) is 2.14. The van der Waals surface area contributed by atoms with Crippen LogP contribution in [-0.2, 0) is 24.9 Å². The lowest BCUT2D eigenvalue weighted by molar-refractivity contribution is -0.126. The molecule has 0 saturated carbocycles. The monoisotopic (exact) mass is 189 g/mol. The van der Waals surface area contributed by atoms with E-state index >= 15 is 0 Å². The van der Waals surface area contributed by atoms with Gasteiger partial charge in [-0.3, -0.25) is 19.1 Å². The Labute approximate surface area is 71.1 Å². The zero-order valence-corrected chi connectivity index (χ0v) is 6.93. The Balaban J connectivity index is 2.22. The van der Waals surface area contributed by atoms with E-state index in [9.17, 15) is 13.8 Å². The number of amides is 2. The van der Waals surface area contributed by atoms with Gasteiger partial charge >= 0.3 is 0 Å². The molecule has 0 aliphatic carbocycles. The van der Waals surface area contributed by atoms with Crippen molar-refractivity contribution in [3.8, 4) is 0 Å².